The van der Waals surface area contributed by atoms with Gasteiger partial charge in [-0.15, -0.1) is 4.37 Å². The molecular formula is C28H50N3O3S+. The average molecular weight is 509 g/mol. The van der Waals surface area contributed by atoms with Gasteiger partial charge in [-0.05, 0) is 12.8 Å². The number of nitrogens with zero attached hydrogens (tertiary/aromatic N) is 3. The predicted molar refractivity (Wildman–Crippen MR) is 145 cm³/mol. The van der Waals surface area contributed by atoms with Gasteiger partial charge in [-0.2, -0.15) is 4.37 Å². The fourth-order valence-corrected chi connectivity index (χ4v) is 5.45. The minimum Gasteiger partial charge on any atom is -0.475 e. The van der Waals surface area contributed by atoms with E-state index in [0.717, 1.165) is 56.5 Å². The van der Waals surface area contributed by atoms with Gasteiger partial charge in [0, 0.05) is 24.8 Å². The van der Waals surface area contributed by atoms with Crippen molar-refractivity contribution in [3.63, 3.8) is 0 Å². The molecule has 0 aliphatic carbocycles. The van der Waals surface area contributed by atoms with Crippen LogP contribution in [0.25, 0.3) is 5.57 Å². The summed E-state index contributed by atoms with van der Waals surface area (Å²) in [6.45, 7) is 9.00. The van der Waals surface area contributed by atoms with E-state index < -0.39 is 0 Å². The molecule has 1 aliphatic heterocycles. The molecule has 0 fully saturated rings. The third kappa shape index (κ3) is 10.6. The molecule has 6 nitrogen and oxygen atoms in total. The van der Waals surface area contributed by atoms with E-state index >= 15 is 0 Å². The molecule has 1 aliphatic rings. The Morgan fingerprint density at radius 1 is 0.971 bits per heavy atom. The first-order valence-electron chi connectivity index (χ1n) is 14.2. The first kappa shape index (κ1) is 29.8. The van der Waals surface area contributed by atoms with Crippen LogP contribution in [0.15, 0.2) is 6.08 Å². The summed E-state index contributed by atoms with van der Waals surface area (Å²) in [7, 11) is 2.20. The fourth-order valence-electron chi connectivity index (χ4n) is 4.92. The van der Waals surface area contributed by atoms with E-state index in [1.54, 1.807) is 0 Å². The van der Waals surface area contributed by atoms with Gasteiger partial charge in [-0.25, -0.2) is 0 Å². The van der Waals surface area contributed by atoms with Gasteiger partial charge < -0.3 is 9.47 Å². The first-order valence-corrected chi connectivity index (χ1v) is 15.0. The lowest BCUT2D eigenvalue weighted by atomic mass is 10.0. The van der Waals surface area contributed by atoms with Crippen molar-refractivity contribution in [2.24, 2.45) is 0 Å². The normalized spacial score (nSPS) is 18.8. The van der Waals surface area contributed by atoms with Crippen molar-refractivity contribution in [2.75, 3.05) is 26.7 Å². The molecule has 0 saturated carbocycles. The number of unbranched alkanes of at least 4 members (excludes halogenated alkanes) is 10. The number of ether oxygens (including phenoxy) is 2. The number of rotatable bonds is 19. The van der Waals surface area contributed by atoms with Crippen LogP contribution in [0.4, 0.5) is 0 Å². The highest BCUT2D eigenvalue weighted by Crippen LogP contribution is 2.32. The summed E-state index contributed by atoms with van der Waals surface area (Å²) in [5.41, 5.74) is 2.03. The number of hydrogen-bond acceptors (Lipinski definition) is 6. The zero-order valence-electron chi connectivity index (χ0n) is 22.9. The molecule has 2 rings (SSSR count). The van der Waals surface area contributed by atoms with Crippen LogP contribution < -0.4 is 4.74 Å². The van der Waals surface area contributed by atoms with Crippen molar-refractivity contribution in [3.05, 3.63) is 11.8 Å². The SMILES string of the molecule is CCCCCCCCCCC(=O)OC(CC)[N+]1(C)CCC=C(c2nsnc2OCCCCCC)C1. The van der Waals surface area contributed by atoms with Crippen LogP contribution in [-0.4, -0.2) is 52.2 Å². The number of carbonyl (C=O) groups is 1. The van der Waals surface area contributed by atoms with Crippen molar-refractivity contribution < 1.29 is 18.8 Å². The Hall–Kier alpha value is -1.47. The molecule has 0 aromatic carbocycles. The van der Waals surface area contributed by atoms with E-state index in [1.165, 1.54) is 69.5 Å². The summed E-state index contributed by atoms with van der Waals surface area (Å²) < 4.78 is 21.7. The van der Waals surface area contributed by atoms with Crippen molar-refractivity contribution in [1.29, 1.82) is 0 Å². The minimum atomic E-state index is -0.134. The number of esters is 1. The lowest BCUT2D eigenvalue weighted by Crippen LogP contribution is -2.56. The number of likely N-dealkylation sites (N-methyl/N-ethyl adjacent to an activating group) is 1. The van der Waals surface area contributed by atoms with Crippen molar-refractivity contribution >= 4 is 23.3 Å². The third-order valence-electron chi connectivity index (χ3n) is 7.11. The lowest BCUT2D eigenvalue weighted by molar-refractivity contribution is -0.947. The number of hydrogen-bond donors (Lipinski definition) is 0. The van der Waals surface area contributed by atoms with E-state index in [9.17, 15) is 4.79 Å². The molecule has 1 aromatic heterocycles. The molecule has 0 radical (unpaired) electrons. The van der Waals surface area contributed by atoms with Gasteiger partial charge in [0.25, 0.3) is 5.88 Å². The molecular weight excluding hydrogens is 458 g/mol. The van der Waals surface area contributed by atoms with E-state index in [2.05, 4.69) is 42.6 Å². The summed E-state index contributed by atoms with van der Waals surface area (Å²) in [4.78, 5) is 12.6. The van der Waals surface area contributed by atoms with Crippen molar-refractivity contribution in [3.8, 4) is 5.88 Å². The molecule has 2 heterocycles. The monoisotopic (exact) mass is 508 g/mol. The van der Waals surface area contributed by atoms with Crippen LogP contribution in [0.1, 0.15) is 123 Å². The van der Waals surface area contributed by atoms with Crippen LogP contribution in [0.2, 0.25) is 0 Å². The maximum absolute atomic E-state index is 12.6. The molecule has 7 heteroatoms. The minimum absolute atomic E-state index is 0.0512. The molecule has 0 bridgehead atoms. The second kappa shape index (κ2) is 17.1. The molecule has 35 heavy (non-hydrogen) atoms. The summed E-state index contributed by atoms with van der Waals surface area (Å²) in [5, 5.41) is 0. The maximum Gasteiger partial charge on any atom is 0.310 e. The summed E-state index contributed by atoms with van der Waals surface area (Å²) in [5.74, 6) is 0.607. The van der Waals surface area contributed by atoms with Crippen LogP contribution in [-0.2, 0) is 9.53 Å². The lowest BCUT2D eigenvalue weighted by Gasteiger charge is -2.42. The Morgan fingerprint density at radius 2 is 1.63 bits per heavy atom. The van der Waals surface area contributed by atoms with E-state index in [1.807, 2.05) is 0 Å². The summed E-state index contributed by atoms with van der Waals surface area (Å²) in [6.07, 6.45) is 18.9. The topological polar surface area (TPSA) is 61.3 Å². The molecule has 2 atom stereocenters. The van der Waals surface area contributed by atoms with Crippen LogP contribution in [0, 0.1) is 0 Å². The number of quaternary nitrogens is 1. The molecule has 0 amide bonds. The van der Waals surface area contributed by atoms with Crippen LogP contribution in [0.5, 0.6) is 5.88 Å². The average Bonchev–Trinajstić information content (AvgIpc) is 3.32. The zero-order chi connectivity index (χ0) is 25.4. The predicted octanol–water partition coefficient (Wildman–Crippen LogP) is 7.54. The molecule has 200 valence electrons. The number of aromatic nitrogens is 2. The van der Waals surface area contributed by atoms with Gasteiger partial charge >= 0.3 is 5.97 Å². The zero-order valence-corrected chi connectivity index (χ0v) is 23.7. The highest BCUT2D eigenvalue weighted by Gasteiger charge is 2.38. The second-order valence-corrected chi connectivity index (χ2v) is 10.8. The van der Waals surface area contributed by atoms with Gasteiger partial charge in [-0.1, -0.05) is 91.1 Å². The second-order valence-electron chi connectivity index (χ2n) is 10.3. The molecule has 0 spiro atoms. The smallest absolute Gasteiger partial charge is 0.310 e. The molecule has 1 aromatic rings. The van der Waals surface area contributed by atoms with Gasteiger partial charge in [0.05, 0.1) is 31.9 Å². The Labute approximate surface area is 218 Å². The fraction of sp³-hybridized carbons (Fsp3) is 0.821. The third-order valence-corrected chi connectivity index (χ3v) is 7.62. The Kier molecular flexibility index (Phi) is 14.5. The van der Waals surface area contributed by atoms with Crippen molar-refractivity contribution in [1.82, 2.24) is 8.75 Å². The van der Waals surface area contributed by atoms with E-state index in [4.69, 9.17) is 9.47 Å². The summed E-state index contributed by atoms with van der Waals surface area (Å²) >= 11 is 1.21. The molecule has 0 saturated heterocycles. The Balaban J connectivity index is 1.82. The highest BCUT2D eigenvalue weighted by molar-refractivity contribution is 6.99. The van der Waals surface area contributed by atoms with E-state index in [0.29, 0.717) is 23.4 Å². The Bertz CT molecular complexity index is 752. The van der Waals surface area contributed by atoms with Gasteiger partial charge in [0.2, 0.25) is 6.23 Å². The standard InChI is InChI=1S/C28H50N3O3S/c1-5-8-10-12-13-14-15-16-20-26(32)34-25(7-3)31(4)21-18-19-24(23-31)27-28(30-35-29-27)33-22-17-11-9-6-2/h19,25H,5-18,20-23H2,1-4H3/q+1. The maximum atomic E-state index is 12.6. The molecule has 0 N–H and O–H groups in total. The quantitative estimate of drug-likeness (QED) is 0.110. The largest absolute Gasteiger partial charge is 0.475 e. The van der Waals surface area contributed by atoms with Crippen LogP contribution in [0.3, 0.4) is 0 Å². The van der Waals surface area contributed by atoms with Gasteiger partial charge in [-0.3, -0.25) is 9.28 Å². The van der Waals surface area contributed by atoms with Gasteiger partial charge in [0.1, 0.15) is 12.2 Å². The Morgan fingerprint density at radius 3 is 2.31 bits per heavy atom. The van der Waals surface area contributed by atoms with E-state index in [-0.39, 0.29) is 12.2 Å². The highest BCUT2D eigenvalue weighted by atomic mass is 32.1. The van der Waals surface area contributed by atoms with Crippen molar-refractivity contribution in [2.45, 2.75) is 123 Å². The van der Waals surface area contributed by atoms with Crippen LogP contribution >= 0.6 is 11.7 Å². The molecule has 2 unspecified atom stereocenters. The summed E-state index contributed by atoms with van der Waals surface area (Å²) in [6, 6.07) is 0. The van der Waals surface area contributed by atoms with Gasteiger partial charge in [0.15, 0.2) is 0 Å². The number of carbonyl (C=O) groups excluding carboxylic acids is 1. The first-order chi connectivity index (χ1) is 17.0.